The molecule has 0 aliphatic carbocycles. The Morgan fingerprint density at radius 2 is 1.36 bits per heavy atom. The van der Waals surface area contributed by atoms with Crippen molar-refractivity contribution >= 4 is 11.9 Å². The Morgan fingerprint density at radius 1 is 0.840 bits per heavy atom. The van der Waals surface area contributed by atoms with E-state index in [0.717, 1.165) is 32.1 Å². The summed E-state index contributed by atoms with van der Waals surface area (Å²) >= 11 is 0. The van der Waals surface area contributed by atoms with Gasteiger partial charge in [-0.1, -0.05) is 84.6 Å². The smallest absolute Gasteiger partial charge is 0.334 e. The Kier molecular flexibility index (Phi) is 15.3. The van der Waals surface area contributed by atoms with E-state index >= 15 is 0 Å². The zero-order valence-corrected chi connectivity index (χ0v) is 16.3. The second-order valence-electron chi connectivity index (χ2n) is 6.94. The van der Waals surface area contributed by atoms with Crippen LogP contribution in [0.25, 0.3) is 0 Å². The van der Waals surface area contributed by atoms with Crippen molar-refractivity contribution in [3.8, 4) is 0 Å². The fourth-order valence-electron chi connectivity index (χ4n) is 2.92. The van der Waals surface area contributed by atoms with Crippen LogP contribution >= 0.6 is 0 Å². The van der Waals surface area contributed by atoms with Gasteiger partial charge in [-0.05, 0) is 19.3 Å². The maximum absolute atomic E-state index is 11.8. The Bertz CT molecular complexity index is 376. The van der Waals surface area contributed by atoms with Crippen molar-refractivity contribution in [1.82, 2.24) is 0 Å². The van der Waals surface area contributed by atoms with Crippen LogP contribution in [0.1, 0.15) is 104 Å². The van der Waals surface area contributed by atoms with Crippen LogP contribution in [0.15, 0.2) is 12.2 Å². The second kappa shape index (κ2) is 16.2. The third kappa shape index (κ3) is 14.7. The summed E-state index contributed by atoms with van der Waals surface area (Å²) < 4.78 is 5.41. The van der Waals surface area contributed by atoms with Gasteiger partial charge in [0.2, 0.25) is 0 Å². The number of unbranched alkanes of at least 4 members (excludes halogenated alkanes) is 9. The van der Waals surface area contributed by atoms with Crippen LogP contribution < -0.4 is 5.11 Å². The molecule has 0 aliphatic heterocycles. The summed E-state index contributed by atoms with van der Waals surface area (Å²) in [5, 5.41) is 10.5. The molecule has 4 nitrogen and oxygen atoms in total. The van der Waals surface area contributed by atoms with E-state index in [2.05, 4.69) is 20.4 Å². The minimum Gasteiger partial charge on any atom is -0.550 e. The van der Waals surface area contributed by atoms with E-state index in [9.17, 15) is 14.7 Å². The van der Waals surface area contributed by atoms with Crippen LogP contribution in [0.3, 0.4) is 0 Å². The van der Waals surface area contributed by atoms with Crippen molar-refractivity contribution in [2.75, 3.05) is 0 Å². The summed E-state index contributed by atoms with van der Waals surface area (Å²) in [4.78, 5) is 22.3. The molecule has 0 spiro atoms. The molecule has 25 heavy (non-hydrogen) atoms. The Labute approximate surface area is 154 Å². The number of hydrogen-bond donors (Lipinski definition) is 0. The molecule has 4 heteroatoms. The van der Waals surface area contributed by atoms with E-state index < -0.39 is 18.4 Å². The van der Waals surface area contributed by atoms with Crippen LogP contribution in [0.4, 0.5) is 0 Å². The third-order valence-electron chi connectivity index (χ3n) is 4.41. The van der Waals surface area contributed by atoms with Crippen molar-refractivity contribution in [2.24, 2.45) is 0 Å². The van der Waals surface area contributed by atoms with Gasteiger partial charge in [0.15, 0.2) is 0 Å². The summed E-state index contributed by atoms with van der Waals surface area (Å²) in [6.07, 6.45) is 14.7. The highest BCUT2D eigenvalue weighted by molar-refractivity contribution is 5.92. The van der Waals surface area contributed by atoms with Gasteiger partial charge in [0.1, 0.15) is 6.10 Å². The van der Waals surface area contributed by atoms with E-state index in [-0.39, 0.29) is 11.7 Å². The molecule has 0 saturated carbocycles. The van der Waals surface area contributed by atoms with Gasteiger partial charge in [-0.25, -0.2) is 4.79 Å². The Morgan fingerprint density at radius 3 is 1.84 bits per heavy atom. The molecule has 0 aromatic carbocycles. The number of carboxylic acids is 1. The lowest BCUT2D eigenvalue weighted by atomic mass is 10.0. The number of hydrogen-bond acceptors (Lipinski definition) is 4. The quantitative estimate of drug-likeness (QED) is 0.216. The van der Waals surface area contributed by atoms with Crippen molar-refractivity contribution in [2.45, 2.75) is 110 Å². The first kappa shape index (κ1) is 23.7. The van der Waals surface area contributed by atoms with Gasteiger partial charge in [-0.15, -0.1) is 0 Å². The summed E-state index contributed by atoms with van der Waals surface area (Å²) in [7, 11) is 0. The van der Waals surface area contributed by atoms with Crippen molar-refractivity contribution in [3.05, 3.63) is 12.2 Å². The molecule has 0 aromatic rings. The van der Waals surface area contributed by atoms with Gasteiger partial charge in [-0.2, -0.15) is 0 Å². The maximum Gasteiger partial charge on any atom is 0.334 e. The predicted octanol–water partition coefficient (Wildman–Crippen LogP) is 4.71. The first-order valence-corrected chi connectivity index (χ1v) is 10.1. The number of ether oxygens (including phenoxy) is 1. The fourth-order valence-corrected chi connectivity index (χ4v) is 2.92. The van der Waals surface area contributed by atoms with Crippen molar-refractivity contribution < 1.29 is 19.4 Å². The van der Waals surface area contributed by atoms with Gasteiger partial charge in [-0.3, -0.25) is 0 Å². The molecule has 0 bridgehead atoms. The summed E-state index contributed by atoms with van der Waals surface area (Å²) in [6, 6.07) is 0. The Hall–Kier alpha value is -1.32. The van der Waals surface area contributed by atoms with E-state index in [4.69, 9.17) is 4.74 Å². The van der Waals surface area contributed by atoms with E-state index in [1.807, 2.05) is 0 Å². The van der Waals surface area contributed by atoms with Crippen LogP contribution in [0.5, 0.6) is 0 Å². The minimum absolute atomic E-state index is 0.0378. The zero-order valence-electron chi connectivity index (χ0n) is 16.3. The largest absolute Gasteiger partial charge is 0.550 e. The normalized spacial score (nSPS) is 11.9. The van der Waals surface area contributed by atoms with Gasteiger partial charge in [0.25, 0.3) is 0 Å². The lowest BCUT2D eigenvalue weighted by molar-refractivity contribution is -0.304. The first-order chi connectivity index (χ1) is 12.0. The Balaban J connectivity index is 3.80. The molecule has 0 fully saturated rings. The highest BCUT2D eigenvalue weighted by atomic mass is 16.5. The number of carbonyl (C=O) groups is 2. The molecule has 0 aliphatic rings. The molecule has 0 aromatic heterocycles. The molecule has 0 saturated heterocycles. The summed E-state index contributed by atoms with van der Waals surface area (Å²) in [5.41, 5.74) is -0.0378. The molecule has 1 unspecified atom stereocenters. The van der Waals surface area contributed by atoms with Gasteiger partial charge >= 0.3 is 5.97 Å². The van der Waals surface area contributed by atoms with Gasteiger partial charge in [0, 0.05) is 18.0 Å². The van der Waals surface area contributed by atoms with Gasteiger partial charge in [0.05, 0.1) is 0 Å². The summed E-state index contributed by atoms with van der Waals surface area (Å²) in [6.45, 7) is 7.76. The molecule has 1 atom stereocenters. The monoisotopic (exact) mass is 353 g/mol. The predicted molar refractivity (Wildman–Crippen MR) is 100 cm³/mol. The highest BCUT2D eigenvalue weighted by Crippen LogP contribution is 2.16. The van der Waals surface area contributed by atoms with Crippen LogP contribution in [-0.2, 0) is 14.3 Å². The number of carboxylic acid groups (broad SMARTS) is 1. The van der Waals surface area contributed by atoms with Crippen LogP contribution in [0, 0.1) is 0 Å². The number of aliphatic carboxylic acids is 1. The standard InChI is InChI=1S/C21H38O4/c1-4-6-7-8-9-10-11-12-13-14-16-19(15-5-2)25-21(24)18(3)17-20(22)23/h19H,3-17H2,1-2H3,(H,22,23)/p-1. The third-order valence-corrected chi connectivity index (χ3v) is 4.41. The molecule has 0 N–H and O–H groups in total. The average Bonchev–Trinajstić information content (AvgIpc) is 2.56. The average molecular weight is 354 g/mol. The highest BCUT2D eigenvalue weighted by Gasteiger charge is 2.16. The molecule has 0 amide bonds. The molecule has 0 heterocycles. The molecule has 0 radical (unpaired) electrons. The summed E-state index contributed by atoms with van der Waals surface area (Å²) in [5.74, 6) is -1.90. The first-order valence-electron chi connectivity index (χ1n) is 10.1. The minimum atomic E-state index is -1.30. The maximum atomic E-state index is 11.8. The molecular weight excluding hydrogens is 316 g/mol. The lowest BCUT2D eigenvalue weighted by Gasteiger charge is -2.18. The number of rotatable bonds is 17. The topological polar surface area (TPSA) is 66.4 Å². The van der Waals surface area contributed by atoms with E-state index in [1.54, 1.807) is 0 Å². The molecule has 0 rings (SSSR count). The number of carbonyl (C=O) groups excluding carboxylic acids is 2. The molecule has 146 valence electrons. The van der Waals surface area contributed by atoms with Gasteiger partial charge < -0.3 is 14.6 Å². The van der Waals surface area contributed by atoms with Crippen LogP contribution in [-0.4, -0.2) is 18.0 Å². The zero-order chi connectivity index (χ0) is 18.9. The fraction of sp³-hybridized carbons (Fsp3) is 0.810. The SMILES string of the molecule is C=C(CC(=O)[O-])C(=O)OC(CCC)CCCCCCCCCCCC. The van der Waals surface area contributed by atoms with Crippen molar-refractivity contribution in [3.63, 3.8) is 0 Å². The van der Waals surface area contributed by atoms with Crippen molar-refractivity contribution in [1.29, 1.82) is 0 Å². The number of esters is 1. The lowest BCUT2D eigenvalue weighted by Crippen LogP contribution is -2.26. The van der Waals surface area contributed by atoms with Crippen LogP contribution in [0.2, 0.25) is 0 Å². The van der Waals surface area contributed by atoms with E-state index in [0.29, 0.717) is 0 Å². The molecular formula is C21H37O4-. The van der Waals surface area contributed by atoms with E-state index in [1.165, 1.54) is 51.4 Å². The second-order valence-corrected chi connectivity index (χ2v) is 6.94.